The van der Waals surface area contributed by atoms with Crippen molar-refractivity contribution in [2.24, 2.45) is 5.92 Å². The average Bonchev–Trinajstić information content (AvgIpc) is 2.25. The molecule has 1 aromatic heterocycles. The molecule has 19 heavy (non-hydrogen) atoms. The van der Waals surface area contributed by atoms with Crippen LogP contribution in [0.3, 0.4) is 0 Å². The predicted molar refractivity (Wildman–Crippen MR) is 67.3 cm³/mol. The highest BCUT2D eigenvalue weighted by atomic mass is 35.5. The normalized spacial score (nSPS) is 16.3. The maximum absolute atomic E-state index is 12.7. The van der Waals surface area contributed by atoms with Crippen molar-refractivity contribution in [1.29, 1.82) is 0 Å². The van der Waals surface area contributed by atoms with E-state index in [9.17, 15) is 13.2 Å². The quantitative estimate of drug-likeness (QED) is 0.791. The van der Waals surface area contributed by atoms with Crippen molar-refractivity contribution in [3.8, 4) is 0 Å². The lowest BCUT2D eigenvalue weighted by Gasteiger charge is -2.32. The van der Waals surface area contributed by atoms with Gasteiger partial charge in [0, 0.05) is 19.2 Å². The summed E-state index contributed by atoms with van der Waals surface area (Å²) >= 11 is 5.66. The van der Waals surface area contributed by atoms with Crippen molar-refractivity contribution >= 4 is 17.4 Å². The van der Waals surface area contributed by atoms with Gasteiger partial charge in [0.15, 0.2) is 0 Å². The van der Waals surface area contributed by atoms with Crippen LogP contribution in [0.15, 0.2) is 6.07 Å². The van der Waals surface area contributed by atoms with E-state index in [1.165, 1.54) is 12.5 Å². The van der Waals surface area contributed by atoms with Crippen LogP contribution in [0.2, 0.25) is 5.15 Å². The average molecular weight is 294 g/mol. The highest BCUT2D eigenvalue weighted by molar-refractivity contribution is 6.29. The first-order valence-electron chi connectivity index (χ1n) is 6.27. The van der Waals surface area contributed by atoms with Gasteiger partial charge in [-0.25, -0.2) is 9.97 Å². The summed E-state index contributed by atoms with van der Waals surface area (Å²) in [7, 11) is 0. The second kappa shape index (κ2) is 5.53. The third-order valence-corrected chi connectivity index (χ3v) is 3.54. The number of nitrogens with zero attached hydrogens (tertiary/aromatic N) is 3. The van der Waals surface area contributed by atoms with Gasteiger partial charge in [-0.05, 0) is 25.7 Å². The molecule has 0 radical (unpaired) electrons. The molecule has 0 bridgehead atoms. The number of hydrogen-bond donors (Lipinski definition) is 0. The molecule has 0 aromatic carbocycles. The predicted octanol–water partition coefficient (Wildman–Crippen LogP) is 3.78. The maximum atomic E-state index is 12.7. The van der Waals surface area contributed by atoms with E-state index in [4.69, 9.17) is 11.6 Å². The van der Waals surface area contributed by atoms with Crippen LogP contribution in [-0.2, 0) is 6.18 Å². The number of aromatic nitrogens is 2. The Morgan fingerprint density at radius 1 is 1.37 bits per heavy atom. The van der Waals surface area contributed by atoms with E-state index in [-0.39, 0.29) is 11.0 Å². The summed E-state index contributed by atoms with van der Waals surface area (Å²) in [5.74, 6) is -0.383. The van der Waals surface area contributed by atoms with Gasteiger partial charge in [0.05, 0.1) is 0 Å². The van der Waals surface area contributed by atoms with Gasteiger partial charge in [-0.3, -0.25) is 0 Å². The molecule has 0 atom stereocenters. The SMILES string of the molecule is CCN(CC1CCC1)c1cc(Cl)nc(C(F)(F)F)n1. The van der Waals surface area contributed by atoms with Gasteiger partial charge in [-0.15, -0.1) is 0 Å². The standard InChI is InChI=1S/C12H15ClF3N3/c1-2-19(7-8-4-3-5-8)10-6-9(13)17-11(18-10)12(14,15)16/h6,8H,2-5,7H2,1H3. The highest BCUT2D eigenvalue weighted by Gasteiger charge is 2.36. The molecular formula is C12H15ClF3N3. The number of anilines is 1. The molecule has 1 heterocycles. The van der Waals surface area contributed by atoms with Crippen molar-refractivity contribution in [1.82, 2.24) is 9.97 Å². The minimum absolute atomic E-state index is 0.176. The van der Waals surface area contributed by atoms with Gasteiger partial charge in [-0.2, -0.15) is 13.2 Å². The molecule has 0 aliphatic heterocycles. The van der Waals surface area contributed by atoms with E-state index < -0.39 is 12.0 Å². The zero-order chi connectivity index (χ0) is 14.0. The Kier molecular flexibility index (Phi) is 4.18. The van der Waals surface area contributed by atoms with Gasteiger partial charge in [0.2, 0.25) is 5.82 Å². The molecule has 0 spiro atoms. The Morgan fingerprint density at radius 2 is 2.05 bits per heavy atom. The zero-order valence-electron chi connectivity index (χ0n) is 10.5. The Balaban J connectivity index is 2.23. The van der Waals surface area contributed by atoms with E-state index in [1.807, 2.05) is 11.8 Å². The number of alkyl halides is 3. The minimum atomic E-state index is -4.57. The summed E-state index contributed by atoms with van der Waals surface area (Å²) in [4.78, 5) is 8.66. The van der Waals surface area contributed by atoms with E-state index in [2.05, 4.69) is 9.97 Å². The molecule has 1 aliphatic rings. The lowest BCUT2D eigenvalue weighted by molar-refractivity contribution is -0.144. The second-order valence-corrected chi connectivity index (χ2v) is 5.09. The molecule has 1 fully saturated rings. The van der Waals surface area contributed by atoms with Gasteiger partial charge >= 0.3 is 6.18 Å². The van der Waals surface area contributed by atoms with Crippen molar-refractivity contribution in [3.63, 3.8) is 0 Å². The summed E-state index contributed by atoms with van der Waals surface area (Å²) < 4.78 is 38.0. The number of halogens is 4. The first kappa shape index (κ1) is 14.4. The molecule has 0 unspecified atom stereocenters. The maximum Gasteiger partial charge on any atom is 0.451 e. The highest BCUT2D eigenvalue weighted by Crippen LogP contribution is 2.31. The Morgan fingerprint density at radius 3 is 2.53 bits per heavy atom. The van der Waals surface area contributed by atoms with Crippen molar-refractivity contribution in [2.45, 2.75) is 32.4 Å². The molecule has 1 aliphatic carbocycles. The molecule has 1 aromatic rings. The number of hydrogen-bond acceptors (Lipinski definition) is 3. The lowest BCUT2D eigenvalue weighted by atomic mass is 9.85. The summed E-state index contributed by atoms with van der Waals surface area (Å²) in [6.07, 6.45) is -1.13. The molecule has 2 rings (SSSR count). The van der Waals surface area contributed by atoms with E-state index in [0.717, 1.165) is 19.4 Å². The van der Waals surface area contributed by atoms with E-state index >= 15 is 0 Å². The van der Waals surface area contributed by atoms with Crippen LogP contribution in [0.4, 0.5) is 19.0 Å². The van der Waals surface area contributed by atoms with E-state index in [0.29, 0.717) is 12.5 Å². The largest absolute Gasteiger partial charge is 0.451 e. The topological polar surface area (TPSA) is 29.0 Å². The van der Waals surface area contributed by atoms with Crippen LogP contribution < -0.4 is 4.90 Å². The summed E-state index contributed by atoms with van der Waals surface area (Å²) in [5.41, 5.74) is 0. The van der Waals surface area contributed by atoms with E-state index in [1.54, 1.807) is 0 Å². The Hall–Kier alpha value is -1.04. The third kappa shape index (κ3) is 3.49. The van der Waals surface area contributed by atoms with Crippen LogP contribution in [0.5, 0.6) is 0 Å². The van der Waals surface area contributed by atoms with Gasteiger partial charge in [-0.1, -0.05) is 18.0 Å². The molecule has 1 saturated carbocycles. The summed E-state index contributed by atoms with van der Waals surface area (Å²) in [6, 6.07) is 1.39. The first-order valence-corrected chi connectivity index (χ1v) is 6.64. The molecule has 7 heteroatoms. The van der Waals surface area contributed by atoms with Crippen LogP contribution in [0.25, 0.3) is 0 Å². The van der Waals surface area contributed by atoms with Crippen molar-refractivity contribution in [3.05, 3.63) is 17.0 Å². The fourth-order valence-electron chi connectivity index (χ4n) is 2.07. The fraction of sp³-hybridized carbons (Fsp3) is 0.667. The molecule has 3 nitrogen and oxygen atoms in total. The van der Waals surface area contributed by atoms with Crippen LogP contribution in [0, 0.1) is 5.92 Å². The van der Waals surface area contributed by atoms with Crippen molar-refractivity contribution in [2.75, 3.05) is 18.0 Å². The fourth-order valence-corrected chi connectivity index (χ4v) is 2.24. The Labute approximate surface area is 114 Å². The minimum Gasteiger partial charge on any atom is -0.356 e. The zero-order valence-corrected chi connectivity index (χ0v) is 11.3. The molecule has 0 N–H and O–H groups in total. The van der Waals surface area contributed by atoms with Crippen LogP contribution >= 0.6 is 11.6 Å². The lowest BCUT2D eigenvalue weighted by Crippen LogP contribution is -2.33. The molecule has 106 valence electrons. The summed E-state index contributed by atoms with van der Waals surface area (Å²) in [5, 5.41) is -0.176. The van der Waals surface area contributed by atoms with Crippen molar-refractivity contribution < 1.29 is 13.2 Å². The van der Waals surface area contributed by atoms with Gasteiger partial charge < -0.3 is 4.90 Å². The second-order valence-electron chi connectivity index (χ2n) is 4.71. The Bertz CT molecular complexity index is 446. The third-order valence-electron chi connectivity index (χ3n) is 3.34. The smallest absolute Gasteiger partial charge is 0.356 e. The number of rotatable bonds is 4. The molecule has 0 saturated heterocycles. The van der Waals surface area contributed by atoms with Gasteiger partial charge in [0.1, 0.15) is 11.0 Å². The molecule has 0 amide bonds. The first-order chi connectivity index (χ1) is 8.90. The van der Waals surface area contributed by atoms with Crippen LogP contribution in [-0.4, -0.2) is 23.1 Å². The molecular weight excluding hydrogens is 279 g/mol. The monoisotopic (exact) mass is 293 g/mol. The van der Waals surface area contributed by atoms with Crippen LogP contribution in [0.1, 0.15) is 32.0 Å². The van der Waals surface area contributed by atoms with Gasteiger partial charge in [0.25, 0.3) is 0 Å². The summed E-state index contributed by atoms with van der Waals surface area (Å²) in [6.45, 7) is 3.21.